The Morgan fingerprint density at radius 1 is 0.818 bits per heavy atom. The minimum Gasteiger partial charge on any atom is -0.316 e. The summed E-state index contributed by atoms with van der Waals surface area (Å²) in [4.78, 5) is 0. The van der Waals surface area contributed by atoms with Gasteiger partial charge in [0.25, 0.3) is 0 Å². The molecule has 2 heteroatoms. The molecule has 2 rings (SSSR count). The van der Waals surface area contributed by atoms with Gasteiger partial charge in [0, 0.05) is 0 Å². The quantitative estimate of drug-likeness (QED) is 0.555. The van der Waals surface area contributed by atoms with Gasteiger partial charge in [0.2, 0.25) is 0 Å². The van der Waals surface area contributed by atoms with E-state index in [2.05, 4.69) is 5.32 Å². The van der Waals surface area contributed by atoms with Crippen molar-refractivity contribution in [1.29, 1.82) is 0 Å². The minimum absolute atomic E-state index is 0. The zero-order valence-electron chi connectivity index (χ0n) is 6.86. The van der Waals surface area contributed by atoms with Crippen molar-refractivity contribution in [3.63, 3.8) is 0 Å². The van der Waals surface area contributed by atoms with E-state index in [0.717, 1.165) is 0 Å². The van der Waals surface area contributed by atoms with E-state index in [4.69, 9.17) is 0 Å². The van der Waals surface area contributed by atoms with Crippen LogP contribution >= 0.6 is 12.4 Å². The van der Waals surface area contributed by atoms with Gasteiger partial charge in [-0.15, -0.1) is 12.4 Å². The van der Waals surface area contributed by atoms with Gasteiger partial charge in [0.15, 0.2) is 0 Å². The van der Waals surface area contributed by atoms with Gasteiger partial charge in [-0.25, -0.2) is 0 Å². The van der Waals surface area contributed by atoms with E-state index in [9.17, 15) is 0 Å². The van der Waals surface area contributed by atoms with E-state index in [1.54, 1.807) is 11.1 Å². The predicted molar refractivity (Wildman–Crippen MR) is 50.2 cm³/mol. The van der Waals surface area contributed by atoms with Gasteiger partial charge in [-0.05, 0) is 45.2 Å². The summed E-state index contributed by atoms with van der Waals surface area (Å²) < 4.78 is 0. The summed E-state index contributed by atoms with van der Waals surface area (Å²) in [7, 11) is 0. The van der Waals surface area contributed by atoms with E-state index < -0.39 is 0 Å². The zero-order valence-corrected chi connectivity index (χ0v) is 7.67. The van der Waals surface area contributed by atoms with Crippen molar-refractivity contribution < 1.29 is 0 Å². The van der Waals surface area contributed by atoms with Crippen LogP contribution in [-0.4, -0.2) is 13.1 Å². The molecule has 1 saturated carbocycles. The Labute approximate surface area is 74.7 Å². The second-order valence-corrected chi connectivity index (χ2v) is 3.31. The lowest BCUT2D eigenvalue weighted by molar-refractivity contribution is 0.566. The highest BCUT2D eigenvalue weighted by Crippen LogP contribution is 2.31. The van der Waals surface area contributed by atoms with Crippen LogP contribution in [0, 0.1) is 0 Å². The molecule has 1 aliphatic carbocycles. The summed E-state index contributed by atoms with van der Waals surface area (Å²) in [5, 5.41) is 3.38. The summed E-state index contributed by atoms with van der Waals surface area (Å²) in [5.74, 6) is 0. The summed E-state index contributed by atoms with van der Waals surface area (Å²) in [6.45, 7) is 2.44. The normalized spacial score (nSPS) is 24.0. The smallest absolute Gasteiger partial charge is 0.00114 e. The van der Waals surface area contributed by atoms with Gasteiger partial charge in [-0.1, -0.05) is 11.1 Å². The van der Waals surface area contributed by atoms with E-state index in [-0.39, 0.29) is 12.4 Å². The highest BCUT2D eigenvalue weighted by molar-refractivity contribution is 5.85. The van der Waals surface area contributed by atoms with Crippen LogP contribution in [0.3, 0.4) is 0 Å². The lowest BCUT2D eigenvalue weighted by atomic mass is 9.85. The molecule has 0 amide bonds. The van der Waals surface area contributed by atoms with Crippen LogP contribution in [-0.2, 0) is 0 Å². The molecule has 0 aromatic carbocycles. The first-order valence-corrected chi connectivity index (χ1v) is 4.37. The SMILES string of the molecule is C1CC(=C2CCNCC2)C1.Cl. The van der Waals surface area contributed by atoms with Crippen molar-refractivity contribution in [2.45, 2.75) is 32.1 Å². The standard InChI is InChI=1S/C9H15N.ClH/c1-2-8(3-1)9-4-6-10-7-5-9;/h10H,1-7H2;1H. The molecule has 1 aliphatic heterocycles. The molecule has 2 aliphatic rings. The lowest BCUT2D eigenvalue weighted by Crippen LogP contribution is -2.24. The zero-order chi connectivity index (χ0) is 6.81. The Morgan fingerprint density at radius 3 is 1.82 bits per heavy atom. The maximum absolute atomic E-state index is 3.38. The second-order valence-electron chi connectivity index (χ2n) is 3.31. The molecule has 1 N–H and O–H groups in total. The van der Waals surface area contributed by atoms with Gasteiger partial charge in [-0.3, -0.25) is 0 Å². The molecule has 0 aromatic rings. The number of allylic oxidation sites excluding steroid dienone is 1. The average molecular weight is 174 g/mol. The lowest BCUT2D eigenvalue weighted by Gasteiger charge is -2.25. The fraction of sp³-hybridized carbons (Fsp3) is 0.778. The van der Waals surface area contributed by atoms with Crippen molar-refractivity contribution >= 4 is 12.4 Å². The maximum Gasteiger partial charge on any atom is -0.00114 e. The first kappa shape index (κ1) is 9.08. The molecule has 1 saturated heterocycles. The molecule has 11 heavy (non-hydrogen) atoms. The maximum atomic E-state index is 3.38. The van der Waals surface area contributed by atoms with Crippen molar-refractivity contribution in [2.75, 3.05) is 13.1 Å². The molecule has 0 unspecified atom stereocenters. The fourth-order valence-corrected chi connectivity index (χ4v) is 1.79. The largest absolute Gasteiger partial charge is 0.316 e. The number of piperidine rings is 1. The van der Waals surface area contributed by atoms with Crippen molar-refractivity contribution in [3.05, 3.63) is 11.1 Å². The van der Waals surface area contributed by atoms with Crippen molar-refractivity contribution in [1.82, 2.24) is 5.32 Å². The molecule has 0 atom stereocenters. The average Bonchev–Trinajstić information content (AvgIpc) is 1.86. The second kappa shape index (κ2) is 4.13. The Morgan fingerprint density at radius 2 is 1.36 bits per heavy atom. The monoisotopic (exact) mass is 173 g/mol. The van der Waals surface area contributed by atoms with Gasteiger partial charge in [0.1, 0.15) is 0 Å². The molecule has 64 valence electrons. The van der Waals surface area contributed by atoms with E-state index >= 15 is 0 Å². The van der Waals surface area contributed by atoms with Crippen LogP contribution in [0.1, 0.15) is 32.1 Å². The van der Waals surface area contributed by atoms with Crippen LogP contribution in [0.25, 0.3) is 0 Å². The highest BCUT2D eigenvalue weighted by Gasteiger charge is 2.15. The third kappa shape index (κ3) is 1.97. The Bertz CT molecular complexity index is 149. The molecular formula is C9H16ClN. The summed E-state index contributed by atoms with van der Waals surface area (Å²) in [6.07, 6.45) is 6.93. The first-order chi connectivity index (χ1) is 4.97. The molecule has 1 heterocycles. The molecule has 0 bridgehead atoms. The summed E-state index contributed by atoms with van der Waals surface area (Å²) >= 11 is 0. The first-order valence-electron chi connectivity index (χ1n) is 4.37. The predicted octanol–water partition coefficient (Wildman–Crippen LogP) is 2.27. The number of halogens is 1. The van der Waals surface area contributed by atoms with Crippen LogP contribution in [0.4, 0.5) is 0 Å². The topological polar surface area (TPSA) is 12.0 Å². The number of hydrogen-bond donors (Lipinski definition) is 1. The summed E-state index contributed by atoms with van der Waals surface area (Å²) in [5.41, 5.74) is 3.58. The third-order valence-corrected chi connectivity index (χ3v) is 2.66. The van der Waals surface area contributed by atoms with E-state index in [1.807, 2.05) is 0 Å². The fourth-order valence-electron chi connectivity index (χ4n) is 1.79. The van der Waals surface area contributed by atoms with E-state index in [1.165, 1.54) is 45.2 Å². The Kier molecular flexibility index (Phi) is 3.41. The Hall–Kier alpha value is -0.0100. The summed E-state index contributed by atoms with van der Waals surface area (Å²) in [6, 6.07) is 0. The molecule has 0 spiro atoms. The third-order valence-electron chi connectivity index (χ3n) is 2.66. The minimum atomic E-state index is 0. The van der Waals surface area contributed by atoms with Gasteiger partial charge in [0.05, 0.1) is 0 Å². The van der Waals surface area contributed by atoms with Gasteiger partial charge in [-0.2, -0.15) is 0 Å². The molecule has 0 aromatic heterocycles. The number of rotatable bonds is 0. The molecular weight excluding hydrogens is 158 g/mol. The van der Waals surface area contributed by atoms with Gasteiger partial charge >= 0.3 is 0 Å². The van der Waals surface area contributed by atoms with Crippen LogP contribution in [0.2, 0.25) is 0 Å². The number of hydrogen-bond acceptors (Lipinski definition) is 1. The molecule has 2 fully saturated rings. The Balaban J connectivity index is 0.000000605. The highest BCUT2D eigenvalue weighted by atomic mass is 35.5. The van der Waals surface area contributed by atoms with Crippen molar-refractivity contribution in [2.24, 2.45) is 0 Å². The molecule has 0 radical (unpaired) electrons. The van der Waals surface area contributed by atoms with Crippen LogP contribution in [0.5, 0.6) is 0 Å². The van der Waals surface area contributed by atoms with Crippen LogP contribution < -0.4 is 5.32 Å². The molecule has 1 nitrogen and oxygen atoms in total. The van der Waals surface area contributed by atoms with Gasteiger partial charge < -0.3 is 5.32 Å². The van der Waals surface area contributed by atoms with Crippen LogP contribution in [0.15, 0.2) is 11.1 Å². The van der Waals surface area contributed by atoms with E-state index in [0.29, 0.717) is 0 Å². The number of nitrogens with one attached hydrogen (secondary N) is 1. The van der Waals surface area contributed by atoms with Crippen molar-refractivity contribution in [3.8, 4) is 0 Å².